The smallest absolute Gasteiger partial charge is 0.102 e. The topological polar surface area (TPSA) is 35.8 Å². The highest BCUT2D eigenvalue weighted by Crippen LogP contribution is 2.15. The molecule has 1 atom stereocenters. The van der Waals surface area contributed by atoms with Crippen molar-refractivity contribution in [2.45, 2.75) is 103 Å². The lowest BCUT2D eigenvalue weighted by Gasteiger charge is -2.21. The third kappa shape index (κ3) is 12.3. The van der Waals surface area contributed by atoms with E-state index in [9.17, 15) is 0 Å². The first-order chi connectivity index (χ1) is 12.4. The van der Waals surface area contributed by atoms with Crippen LogP contribution < -0.4 is 0 Å². The maximum atomic E-state index is 9.04. The molecule has 3 heteroatoms. The normalized spacial score (nSPS) is 17.9. The number of hydrogen-bond donors (Lipinski definition) is 1. The van der Waals surface area contributed by atoms with Crippen molar-refractivity contribution in [3.63, 3.8) is 0 Å². The van der Waals surface area contributed by atoms with Crippen LogP contribution in [0, 0.1) is 0 Å². The minimum absolute atomic E-state index is 0.240. The number of rotatable bonds is 17. The van der Waals surface area contributed by atoms with E-state index in [1.165, 1.54) is 83.5 Å². The summed E-state index contributed by atoms with van der Waals surface area (Å²) in [7, 11) is 0. The van der Waals surface area contributed by atoms with Crippen molar-refractivity contribution in [1.29, 1.82) is 0 Å². The van der Waals surface area contributed by atoms with Gasteiger partial charge in [-0.05, 0) is 38.5 Å². The molecule has 25 heavy (non-hydrogen) atoms. The molecule has 0 saturated heterocycles. The van der Waals surface area contributed by atoms with Crippen LogP contribution in [0.5, 0.6) is 0 Å². The molecular weight excluding hydrogens is 308 g/mol. The van der Waals surface area contributed by atoms with Crippen LogP contribution in [0.2, 0.25) is 0 Å². The zero-order chi connectivity index (χ0) is 18.0. The number of allylic oxidation sites excluding steroid dienone is 2. The summed E-state index contributed by atoms with van der Waals surface area (Å²) >= 11 is 0. The van der Waals surface area contributed by atoms with E-state index in [0.717, 1.165) is 19.5 Å². The highest BCUT2D eigenvalue weighted by Gasteiger charge is 2.19. The Morgan fingerprint density at radius 2 is 1.52 bits per heavy atom. The molecule has 0 saturated carbocycles. The number of aliphatic hydroxyl groups excluding tert-OH is 1. The Hall–Kier alpha value is -0.670. The molecule has 1 N–H and O–H groups in total. The molecule has 0 bridgehead atoms. The predicted octanol–water partition coefficient (Wildman–Crippen LogP) is 5.73. The Kier molecular flexibility index (Phi) is 15.0. The molecule has 0 spiro atoms. The summed E-state index contributed by atoms with van der Waals surface area (Å²) in [6, 6.07) is 0. The van der Waals surface area contributed by atoms with E-state index in [1.807, 2.05) is 6.21 Å². The summed E-state index contributed by atoms with van der Waals surface area (Å²) < 4.78 is 0. The Morgan fingerprint density at radius 1 is 0.920 bits per heavy atom. The molecule has 0 aromatic carbocycles. The molecule has 1 rings (SSSR count). The van der Waals surface area contributed by atoms with Gasteiger partial charge in [-0.1, -0.05) is 70.4 Å². The summed E-state index contributed by atoms with van der Waals surface area (Å²) in [6.07, 6.45) is 25.8. The van der Waals surface area contributed by atoms with Crippen LogP contribution >= 0.6 is 0 Å². The monoisotopic (exact) mass is 350 g/mol. The number of aliphatic imine (C=N–C) groups is 1. The Balaban J connectivity index is 1.82. The van der Waals surface area contributed by atoms with Gasteiger partial charge in [-0.3, -0.25) is 9.89 Å². The average Bonchev–Trinajstić information content (AvgIpc) is 3.06. The summed E-state index contributed by atoms with van der Waals surface area (Å²) in [6.45, 7) is 4.19. The molecule has 0 radical (unpaired) electrons. The molecule has 1 heterocycles. The molecule has 0 aliphatic carbocycles. The number of hydrogen-bond acceptors (Lipinski definition) is 3. The van der Waals surface area contributed by atoms with E-state index < -0.39 is 0 Å². The van der Waals surface area contributed by atoms with E-state index in [0.29, 0.717) is 6.17 Å². The standard InChI is InChI=1S/C22H42N2O/c1-2-3-4-5-6-7-8-9-10-11-12-13-14-15-16-17-22-23-18-19-24(22)20-21-25/h11-12,18,22,25H,2-10,13-17,19-21H2,1H3/b12-11+. The fraction of sp³-hybridized carbons (Fsp3) is 0.864. The molecule has 3 nitrogen and oxygen atoms in total. The van der Waals surface area contributed by atoms with E-state index in [-0.39, 0.29) is 6.61 Å². The lowest BCUT2D eigenvalue weighted by Crippen LogP contribution is -2.32. The van der Waals surface area contributed by atoms with Crippen LogP contribution in [0.15, 0.2) is 17.1 Å². The summed E-state index contributed by atoms with van der Waals surface area (Å²) in [5.74, 6) is 0. The second-order valence-electron chi connectivity index (χ2n) is 7.40. The predicted molar refractivity (Wildman–Crippen MR) is 110 cm³/mol. The quantitative estimate of drug-likeness (QED) is 0.269. The SMILES string of the molecule is CCCCCCCCCC/C=C/CCCCCC1N=CCN1CCO. The van der Waals surface area contributed by atoms with E-state index in [1.54, 1.807) is 0 Å². The number of unbranched alkanes of at least 4 members (excludes halogenated alkanes) is 11. The van der Waals surface area contributed by atoms with Crippen molar-refractivity contribution >= 4 is 6.21 Å². The fourth-order valence-corrected chi connectivity index (χ4v) is 3.51. The summed E-state index contributed by atoms with van der Waals surface area (Å²) in [5.41, 5.74) is 0. The van der Waals surface area contributed by atoms with Crippen molar-refractivity contribution in [3.8, 4) is 0 Å². The minimum Gasteiger partial charge on any atom is -0.395 e. The minimum atomic E-state index is 0.240. The van der Waals surface area contributed by atoms with Gasteiger partial charge in [0.05, 0.1) is 6.61 Å². The Labute approximate surface area is 156 Å². The lowest BCUT2D eigenvalue weighted by atomic mass is 10.1. The zero-order valence-corrected chi connectivity index (χ0v) is 16.7. The van der Waals surface area contributed by atoms with E-state index in [2.05, 4.69) is 29.0 Å². The Bertz CT molecular complexity index is 341. The molecule has 1 unspecified atom stereocenters. The van der Waals surface area contributed by atoms with Crippen molar-refractivity contribution in [2.75, 3.05) is 19.7 Å². The van der Waals surface area contributed by atoms with Crippen LogP contribution in [0.1, 0.15) is 96.8 Å². The molecule has 146 valence electrons. The van der Waals surface area contributed by atoms with Gasteiger partial charge in [0.25, 0.3) is 0 Å². The van der Waals surface area contributed by atoms with Gasteiger partial charge < -0.3 is 5.11 Å². The first-order valence-corrected chi connectivity index (χ1v) is 10.9. The average molecular weight is 351 g/mol. The maximum Gasteiger partial charge on any atom is 0.102 e. The van der Waals surface area contributed by atoms with Gasteiger partial charge in [0.15, 0.2) is 0 Å². The van der Waals surface area contributed by atoms with E-state index in [4.69, 9.17) is 5.11 Å². The maximum absolute atomic E-state index is 9.04. The molecule has 0 aromatic rings. The van der Waals surface area contributed by atoms with Crippen LogP contribution in [-0.4, -0.2) is 42.1 Å². The van der Waals surface area contributed by atoms with Crippen LogP contribution in [0.4, 0.5) is 0 Å². The molecule has 1 aliphatic heterocycles. The molecule has 0 fully saturated rings. The van der Waals surface area contributed by atoms with Gasteiger partial charge in [-0.15, -0.1) is 0 Å². The number of nitrogens with zero attached hydrogens (tertiary/aromatic N) is 2. The third-order valence-electron chi connectivity index (χ3n) is 5.13. The highest BCUT2D eigenvalue weighted by molar-refractivity contribution is 5.62. The van der Waals surface area contributed by atoms with Crippen LogP contribution in [0.25, 0.3) is 0 Å². The van der Waals surface area contributed by atoms with E-state index >= 15 is 0 Å². The van der Waals surface area contributed by atoms with Gasteiger partial charge in [-0.2, -0.15) is 0 Å². The fourth-order valence-electron chi connectivity index (χ4n) is 3.51. The second-order valence-corrected chi connectivity index (χ2v) is 7.40. The van der Waals surface area contributed by atoms with Gasteiger partial charge in [0.1, 0.15) is 6.17 Å². The molecule has 0 aromatic heterocycles. The van der Waals surface area contributed by atoms with Crippen LogP contribution in [-0.2, 0) is 0 Å². The Morgan fingerprint density at radius 3 is 2.16 bits per heavy atom. The van der Waals surface area contributed by atoms with Gasteiger partial charge in [-0.25, -0.2) is 0 Å². The van der Waals surface area contributed by atoms with Crippen molar-refractivity contribution < 1.29 is 5.11 Å². The number of β-amino-alcohol motifs (C(OH)–C–C–N with tert-alkyl or cyclic N) is 1. The number of aliphatic hydroxyl groups is 1. The lowest BCUT2D eigenvalue weighted by molar-refractivity contribution is 0.176. The highest BCUT2D eigenvalue weighted by atomic mass is 16.3. The first-order valence-electron chi connectivity index (χ1n) is 10.9. The second kappa shape index (κ2) is 16.8. The first kappa shape index (κ1) is 22.4. The summed E-state index contributed by atoms with van der Waals surface area (Å²) in [5, 5.41) is 9.04. The molecule has 1 aliphatic rings. The summed E-state index contributed by atoms with van der Waals surface area (Å²) in [4.78, 5) is 6.78. The molecular formula is C22H42N2O. The van der Waals surface area contributed by atoms with Gasteiger partial charge in [0, 0.05) is 19.3 Å². The van der Waals surface area contributed by atoms with Crippen molar-refractivity contribution in [3.05, 3.63) is 12.2 Å². The van der Waals surface area contributed by atoms with Crippen molar-refractivity contribution in [1.82, 2.24) is 4.90 Å². The third-order valence-corrected chi connectivity index (χ3v) is 5.13. The largest absolute Gasteiger partial charge is 0.395 e. The van der Waals surface area contributed by atoms with Gasteiger partial charge >= 0.3 is 0 Å². The molecule has 0 amide bonds. The zero-order valence-electron chi connectivity index (χ0n) is 16.7. The van der Waals surface area contributed by atoms with Crippen LogP contribution in [0.3, 0.4) is 0 Å². The van der Waals surface area contributed by atoms with Gasteiger partial charge in [0.2, 0.25) is 0 Å². The van der Waals surface area contributed by atoms with Crippen molar-refractivity contribution in [2.24, 2.45) is 4.99 Å².